The predicted octanol–water partition coefficient (Wildman–Crippen LogP) is 2.10. The smallest absolute Gasteiger partial charge is 0.200 e. The molecule has 0 spiro atoms. The van der Waals surface area contributed by atoms with Crippen LogP contribution in [0.4, 0.5) is 5.69 Å². The third-order valence-electron chi connectivity index (χ3n) is 2.95. The van der Waals surface area contributed by atoms with Gasteiger partial charge in [0, 0.05) is 18.8 Å². The van der Waals surface area contributed by atoms with Gasteiger partial charge in [-0.2, -0.15) is 4.99 Å². The van der Waals surface area contributed by atoms with Crippen molar-refractivity contribution in [3.05, 3.63) is 29.8 Å². The van der Waals surface area contributed by atoms with Crippen molar-refractivity contribution in [2.24, 2.45) is 10.7 Å². The number of likely N-dealkylation sites (tertiary alicyclic amines) is 1. The molecule has 0 saturated carbocycles. The van der Waals surface area contributed by atoms with Crippen molar-refractivity contribution >= 4 is 29.0 Å². The molecular formula is C13H18N4S. The molecule has 2 rings (SSSR count). The van der Waals surface area contributed by atoms with E-state index in [9.17, 15) is 0 Å². The molecule has 1 aliphatic rings. The second-order valence-electron chi connectivity index (χ2n) is 4.46. The Bertz CT molecular complexity index is 447. The summed E-state index contributed by atoms with van der Waals surface area (Å²) in [4.78, 5) is 6.28. The molecule has 0 unspecified atom stereocenters. The van der Waals surface area contributed by atoms with Crippen molar-refractivity contribution in [3.63, 3.8) is 0 Å². The minimum absolute atomic E-state index is 0.406. The fraction of sp³-hybridized carbons (Fsp3) is 0.385. The van der Waals surface area contributed by atoms with Gasteiger partial charge in [0.05, 0.1) is 0 Å². The molecule has 5 heteroatoms. The summed E-state index contributed by atoms with van der Waals surface area (Å²) in [5.74, 6) is 0.511. The summed E-state index contributed by atoms with van der Waals surface area (Å²) in [6, 6.07) is 8.00. The first-order chi connectivity index (χ1) is 8.65. The molecule has 1 aromatic rings. The molecule has 3 N–H and O–H groups in total. The van der Waals surface area contributed by atoms with Crippen LogP contribution in [0.15, 0.2) is 29.3 Å². The summed E-state index contributed by atoms with van der Waals surface area (Å²) >= 11 is 5.18. The standard InChI is InChI=1S/C13H18N4S/c1-10-4-6-11(7-5-10)15-13(18)16-12(14)17-8-2-3-9-17/h4-7H,2-3,8-9H2,1H3,(H3,14,15,16,18). The monoisotopic (exact) mass is 262 g/mol. The maximum atomic E-state index is 5.91. The zero-order chi connectivity index (χ0) is 13.0. The molecule has 0 atom stereocenters. The highest BCUT2D eigenvalue weighted by atomic mass is 32.1. The van der Waals surface area contributed by atoms with E-state index >= 15 is 0 Å². The van der Waals surface area contributed by atoms with Crippen molar-refractivity contribution in [3.8, 4) is 0 Å². The molecule has 0 bridgehead atoms. The van der Waals surface area contributed by atoms with Gasteiger partial charge in [0.1, 0.15) is 0 Å². The van der Waals surface area contributed by atoms with E-state index in [0.29, 0.717) is 11.1 Å². The van der Waals surface area contributed by atoms with Crippen LogP contribution in [0, 0.1) is 6.92 Å². The van der Waals surface area contributed by atoms with Crippen LogP contribution in [0.1, 0.15) is 18.4 Å². The van der Waals surface area contributed by atoms with Gasteiger partial charge in [0.15, 0.2) is 5.96 Å². The highest BCUT2D eigenvalue weighted by Crippen LogP contribution is 2.10. The number of benzene rings is 1. The van der Waals surface area contributed by atoms with Crippen LogP contribution < -0.4 is 11.1 Å². The van der Waals surface area contributed by atoms with Crippen molar-refractivity contribution in [1.29, 1.82) is 0 Å². The van der Waals surface area contributed by atoms with Crippen LogP contribution in [-0.4, -0.2) is 29.1 Å². The first kappa shape index (κ1) is 12.8. The SMILES string of the molecule is Cc1ccc(NC(=S)/N=C(\N)N2CCCC2)cc1. The van der Waals surface area contributed by atoms with Crippen molar-refractivity contribution in [2.45, 2.75) is 19.8 Å². The van der Waals surface area contributed by atoms with Crippen LogP contribution in [0.2, 0.25) is 0 Å². The van der Waals surface area contributed by atoms with Crippen LogP contribution >= 0.6 is 12.2 Å². The minimum Gasteiger partial charge on any atom is -0.369 e. The van der Waals surface area contributed by atoms with E-state index in [0.717, 1.165) is 18.8 Å². The molecule has 18 heavy (non-hydrogen) atoms. The Morgan fingerprint density at radius 1 is 1.28 bits per heavy atom. The Labute approximate surface area is 113 Å². The van der Waals surface area contributed by atoms with Gasteiger partial charge in [-0.15, -0.1) is 0 Å². The second kappa shape index (κ2) is 5.82. The average Bonchev–Trinajstić information content (AvgIpc) is 2.85. The normalized spacial score (nSPS) is 15.8. The molecule has 1 aromatic carbocycles. The van der Waals surface area contributed by atoms with Crippen molar-refractivity contribution in [1.82, 2.24) is 4.90 Å². The summed E-state index contributed by atoms with van der Waals surface area (Å²) in [6.07, 6.45) is 2.35. The third kappa shape index (κ3) is 3.43. The van der Waals surface area contributed by atoms with Gasteiger partial charge in [-0.1, -0.05) is 17.7 Å². The number of thiocarbonyl (C=S) groups is 1. The summed E-state index contributed by atoms with van der Waals surface area (Å²) in [5.41, 5.74) is 8.05. The zero-order valence-corrected chi connectivity index (χ0v) is 11.3. The Hall–Kier alpha value is -1.62. The van der Waals surface area contributed by atoms with E-state index in [1.54, 1.807) is 0 Å². The number of aliphatic imine (C=N–C) groups is 1. The maximum absolute atomic E-state index is 5.91. The largest absolute Gasteiger partial charge is 0.369 e. The number of anilines is 1. The predicted molar refractivity (Wildman–Crippen MR) is 79.8 cm³/mol. The Kier molecular flexibility index (Phi) is 4.15. The second-order valence-corrected chi connectivity index (χ2v) is 4.85. The summed E-state index contributed by atoms with van der Waals surface area (Å²) < 4.78 is 0. The molecule has 1 aliphatic heterocycles. The third-order valence-corrected chi connectivity index (χ3v) is 3.14. The minimum atomic E-state index is 0.406. The van der Waals surface area contributed by atoms with Crippen LogP contribution in [-0.2, 0) is 0 Å². The molecule has 0 aromatic heterocycles. The highest BCUT2D eigenvalue weighted by Gasteiger charge is 2.13. The number of nitrogens with zero attached hydrogens (tertiary/aromatic N) is 2. The van der Waals surface area contributed by atoms with Gasteiger partial charge in [0.25, 0.3) is 0 Å². The molecule has 1 saturated heterocycles. The van der Waals surface area contributed by atoms with E-state index < -0.39 is 0 Å². The van der Waals surface area contributed by atoms with Crippen LogP contribution in [0.25, 0.3) is 0 Å². The van der Waals surface area contributed by atoms with Gasteiger partial charge in [-0.3, -0.25) is 0 Å². The lowest BCUT2D eigenvalue weighted by Gasteiger charge is -2.16. The van der Waals surface area contributed by atoms with E-state index in [2.05, 4.69) is 15.2 Å². The molecule has 96 valence electrons. The summed E-state index contributed by atoms with van der Waals surface area (Å²) in [6.45, 7) is 4.00. The molecule has 0 radical (unpaired) electrons. The molecule has 4 nitrogen and oxygen atoms in total. The number of nitrogens with two attached hydrogens (primary N) is 1. The highest BCUT2D eigenvalue weighted by molar-refractivity contribution is 7.80. The Morgan fingerprint density at radius 2 is 1.89 bits per heavy atom. The quantitative estimate of drug-likeness (QED) is 0.462. The van der Waals surface area contributed by atoms with Crippen LogP contribution in [0.5, 0.6) is 0 Å². The Balaban J connectivity index is 1.95. The van der Waals surface area contributed by atoms with Crippen molar-refractivity contribution in [2.75, 3.05) is 18.4 Å². The van der Waals surface area contributed by atoms with Gasteiger partial charge >= 0.3 is 0 Å². The maximum Gasteiger partial charge on any atom is 0.200 e. The van der Waals surface area contributed by atoms with E-state index in [1.165, 1.54) is 18.4 Å². The molecule has 1 fully saturated rings. The summed E-state index contributed by atoms with van der Waals surface area (Å²) in [7, 11) is 0. The van der Waals surface area contributed by atoms with E-state index in [-0.39, 0.29) is 0 Å². The number of aryl methyl sites for hydroxylation is 1. The lowest BCUT2D eigenvalue weighted by atomic mass is 10.2. The first-order valence-electron chi connectivity index (χ1n) is 6.12. The van der Waals surface area contributed by atoms with E-state index in [4.69, 9.17) is 18.0 Å². The van der Waals surface area contributed by atoms with Crippen molar-refractivity contribution < 1.29 is 0 Å². The lowest BCUT2D eigenvalue weighted by Crippen LogP contribution is -2.35. The zero-order valence-electron chi connectivity index (χ0n) is 10.5. The van der Waals surface area contributed by atoms with Gasteiger partial charge in [-0.05, 0) is 44.1 Å². The van der Waals surface area contributed by atoms with Gasteiger partial charge in [0.2, 0.25) is 5.11 Å². The number of rotatable bonds is 1. The Morgan fingerprint density at radius 3 is 2.50 bits per heavy atom. The summed E-state index contributed by atoms with van der Waals surface area (Å²) in [5, 5.41) is 3.47. The number of hydrogen-bond donors (Lipinski definition) is 2. The topological polar surface area (TPSA) is 53.6 Å². The molecular weight excluding hydrogens is 244 g/mol. The number of nitrogens with one attached hydrogen (secondary N) is 1. The fourth-order valence-electron chi connectivity index (χ4n) is 1.91. The van der Waals surface area contributed by atoms with Crippen LogP contribution in [0.3, 0.4) is 0 Å². The van der Waals surface area contributed by atoms with Gasteiger partial charge in [-0.25, -0.2) is 0 Å². The molecule has 0 aliphatic carbocycles. The first-order valence-corrected chi connectivity index (χ1v) is 6.53. The molecule has 1 heterocycles. The van der Waals surface area contributed by atoms with E-state index in [1.807, 2.05) is 31.2 Å². The number of guanidine groups is 1. The fourth-order valence-corrected chi connectivity index (χ4v) is 2.12. The lowest BCUT2D eigenvalue weighted by molar-refractivity contribution is 0.514. The van der Waals surface area contributed by atoms with Gasteiger partial charge < -0.3 is 16.0 Å². The average molecular weight is 262 g/mol. The number of hydrogen-bond acceptors (Lipinski definition) is 1. The molecule has 0 amide bonds.